The number of carbonyl (C=O) groups excluding carboxylic acids is 1. The number of ketones is 1. The predicted molar refractivity (Wildman–Crippen MR) is 110 cm³/mol. The first-order chi connectivity index (χ1) is 13.6. The maximum Gasteiger partial charge on any atom is 0.179 e. The van der Waals surface area contributed by atoms with Gasteiger partial charge in [0.1, 0.15) is 11.5 Å². The fraction of sp³-hybridized carbons (Fsp3) is 0.348. The highest BCUT2D eigenvalue weighted by molar-refractivity contribution is 6.10. The summed E-state index contributed by atoms with van der Waals surface area (Å²) in [6, 6.07) is 14.1. The largest absolute Gasteiger partial charge is 0.497 e. The van der Waals surface area contributed by atoms with Gasteiger partial charge in [0.25, 0.3) is 0 Å². The lowest BCUT2D eigenvalue weighted by Gasteiger charge is -2.26. The third kappa shape index (κ3) is 3.27. The molecular formula is C23H26N2O3. The number of benzene rings is 2. The molecule has 1 saturated heterocycles. The van der Waals surface area contributed by atoms with Crippen molar-refractivity contribution < 1.29 is 14.3 Å². The molecule has 0 radical (unpaired) electrons. The van der Waals surface area contributed by atoms with Crippen LogP contribution in [0.15, 0.2) is 42.5 Å². The molecule has 5 nitrogen and oxygen atoms in total. The van der Waals surface area contributed by atoms with Crippen molar-refractivity contribution in [2.45, 2.75) is 25.8 Å². The number of Topliss-reactive ketones (excluding diaryl/α,β-unsaturated/α-hetero) is 1. The summed E-state index contributed by atoms with van der Waals surface area (Å²) in [6.45, 7) is 3.29. The second kappa shape index (κ2) is 7.68. The SMILES string of the molecule is COc1ccc([C@H]2CCCN2CC(=O)c2c(C)[nH]c3ccccc23)c(OC)c1. The van der Waals surface area contributed by atoms with Crippen LogP contribution in [0.5, 0.6) is 11.5 Å². The number of rotatable bonds is 6. The number of aromatic nitrogens is 1. The van der Waals surface area contributed by atoms with Crippen LogP contribution in [-0.4, -0.2) is 43.0 Å². The zero-order chi connectivity index (χ0) is 19.7. The van der Waals surface area contributed by atoms with Crippen molar-refractivity contribution in [2.75, 3.05) is 27.3 Å². The fourth-order valence-corrected chi connectivity index (χ4v) is 4.36. The standard InChI is InChI=1S/C23H26N2O3/c1-15-23(17-7-4-5-8-19(17)24-15)21(26)14-25-12-6-9-20(25)18-11-10-16(27-2)13-22(18)28-3/h4-5,7-8,10-11,13,20,24H,6,9,12,14H2,1-3H3/t20-/m1/s1. The van der Waals surface area contributed by atoms with Gasteiger partial charge in [-0.25, -0.2) is 0 Å². The van der Waals surface area contributed by atoms with Crippen molar-refractivity contribution in [1.29, 1.82) is 0 Å². The van der Waals surface area contributed by atoms with E-state index in [1.165, 1.54) is 0 Å². The number of nitrogens with zero attached hydrogens (tertiary/aromatic N) is 1. The Kier molecular flexibility index (Phi) is 5.09. The Bertz CT molecular complexity index is 1010. The lowest BCUT2D eigenvalue weighted by molar-refractivity contribution is 0.0921. The van der Waals surface area contributed by atoms with Gasteiger partial charge in [-0.2, -0.15) is 0 Å². The number of fused-ring (bicyclic) bond motifs is 1. The third-order valence-corrected chi connectivity index (χ3v) is 5.68. The Morgan fingerprint density at radius 2 is 2.00 bits per heavy atom. The number of aryl methyl sites for hydroxylation is 1. The van der Waals surface area contributed by atoms with Gasteiger partial charge < -0.3 is 14.5 Å². The van der Waals surface area contributed by atoms with E-state index in [1.54, 1.807) is 14.2 Å². The molecule has 1 fully saturated rings. The molecule has 0 bridgehead atoms. The number of aromatic amines is 1. The van der Waals surface area contributed by atoms with Gasteiger partial charge in [0.05, 0.1) is 20.8 Å². The summed E-state index contributed by atoms with van der Waals surface area (Å²) in [4.78, 5) is 18.8. The predicted octanol–water partition coefficient (Wildman–Crippen LogP) is 4.51. The van der Waals surface area contributed by atoms with Crippen molar-refractivity contribution in [3.05, 3.63) is 59.3 Å². The number of methoxy groups -OCH3 is 2. The van der Waals surface area contributed by atoms with Gasteiger partial charge in [-0.1, -0.05) is 24.3 Å². The highest BCUT2D eigenvalue weighted by Crippen LogP contribution is 2.39. The average molecular weight is 378 g/mol. The van der Waals surface area contributed by atoms with Gasteiger partial charge in [0, 0.05) is 39.8 Å². The molecular weight excluding hydrogens is 352 g/mol. The normalized spacial score (nSPS) is 17.2. The number of carbonyl (C=O) groups is 1. The Balaban J connectivity index is 1.61. The van der Waals surface area contributed by atoms with Crippen LogP contribution in [-0.2, 0) is 0 Å². The molecule has 1 aromatic heterocycles. The number of hydrogen-bond donors (Lipinski definition) is 1. The van der Waals surface area contributed by atoms with E-state index < -0.39 is 0 Å². The number of para-hydroxylation sites is 1. The molecule has 0 amide bonds. The van der Waals surface area contributed by atoms with Gasteiger partial charge in [-0.15, -0.1) is 0 Å². The van der Waals surface area contributed by atoms with Crippen LogP contribution in [0.25, 0.3) is 10.9 Å². The molecule has 0 spiro atoms. The third-order valence-electron chi connectivity index (χ3n) is 5.68. The van der Waals surface area contributed by atoms with E-state index in [2.05, 4.69) is 16.0 Å². The van der Waals surface area contributed by atoms with Gasteiger partial charge in [-0.05, 0) is 38.4 Å². The molecule has 0 aliphatic carbocycles. The van der Waals surface area contributed by atoms with Crippen molar-refractivity contribution >= 4 is 16.7 Å². The highest BCUT2D eigenvalue weighted by Gasteiger charge is 2.31. The van der Waals surface area contributed by atoms with E-state index in [1.807, 2.05) is 43.3 Å². The van der Waals surface area contributed by atoms with Gasteiger partial charge >= 0.3 is 0 Å². The van der Waals surface area contributed by atoms with Crippen molar-refractivity contribution in [3.63, 3.8) is 0 Å². The van der Waals surface area contributed by atoms with Crippen LogP contribution in [0.4, 0.5) is 0 Å². The molecule has 0 unspecified atom stereocenters. The zero-order valence-corrected chi connectivity index (χ0v) is 16.6. The van der Waals surface area contributed by atoms with E-state index >= 15 is 0 Å². The Labute approximate surface area is 165 Å². The Morgan fingerprint density at radius 3 is 2.79 bits per heavy atom. The number of H-pyrrole nitrogens is 1. The molecule has 4 rings (SSSR count). The van der Waals surface area contributed by atoms with E-state index in [0.29, 0.717) is 6.54 Å². The minimum Gasteiger partial charge on any atom is -0.497 e. The van der Waals surface area contributed by atoms with E-state index in [-0.39, 0.29) is 11.8 Å². The molecule has 1 N–H and O–H groups in total. The minimum atomic E-state index is 0.161. The summed E-state index contributed by atoms with van der Waals surface area (Å²) in [5.41, 5.74) is 3.87. The molecule has 2 aromatic carbocycles. The summed E-state index contributed by atoms with van der Waals surface area (Å²) >= 11 is 0. The fourth-order valence-electron chi connectivity index (χ4n) is 4.36. The van der Waals surface area contributed by atoms with Gasteiger partial charge in [0.2, 0.25) is 0 Å². The average Bonchev–Trinajstić information content (AvgIpc) is 3.30. The molecule has 28 heavy (non-hydrogen) atoms. The smallest absolute Gasteiger partial charge is 0.179 e. The molecule has 3 aromatic rings. The van der Waals surface area contributed by atoms with E-state index in [0.717, 1.165) is 58.6 Å². The topological polar surface area (TPSA) is 54.6 Å². The quantitative estimate of drug-likeness (QED) is 0.641. The first-order valence-corrected chi connectivity index (χ1v) is 9.69. The van der Waals surface area contributed by atoms with Crippen LogP contribution in [0.1, 0.15) is 40.5 Å². The summed E-state index contributed by atoms with van der Waals surface area (Å²) < 4.78 is 10.9. The van der Waals surface area contributed by atoms with Crippen LogP contribution >= 0.6 is 0 Å². The summed E-state index contributed by atoms with van der Waals surface area (Å²) in [7, 11) is 3.33. The number of hydrogen-bond acceptors (Lipinski definition) is 4. The van der Waals surface area contributed by atoms with Crippen LogP contribution in [0.3, 0.4) is 0 Å². The lowest BCUT2D eigenvalue weighted by atomic mass is 10.0. The van der Waals surface area contributed by atoms with E-state index in [9.17, 15) is 4.79 Å². The molecule has 146 valence electrons. The second-order valence-corrected chi connectivity index (χ2v) is 7.33. The van der Waals surface area contributed by atoms with Crippen molar-refractivity contribution in [2.24, 2.45) is 0 Å². The second-order valence-electron chi connectivity index (χ2n) is 7.33. The minimum absolute atomic E-state index is 0.161. The summed E-state index contributed by atoms with van der Waals surface area (Å²) in [6.07, 6.45) is 2.09. The first kappa shape index (κ1) is 18.6. The first-order valence-electron chi connectivity index (χ1n) is 9.69. The van der Waals surface area contributed by atoms with Crippen molar-refractivity contribution in [3.8, 4) is 11.5 Å². The molecule has 1 aliphatic rings. The van der Waals surface area contributed by atoms with Gasteiger partial charge in [0.15, 0.2) is 5.78 Å². The monoisotopic (exact) mass is 378 g/mol. The molecule has 0 saturated carbocycles. The maximum atomic E-state index is 13.2. The Hall–Kier alpha value is -2.79. The van der Waals surface area contributed by atoms with Crippen molar-refractivity contribution in [1.82, 2.24) is 9.88 Å². The number of ether oxygens (including phenoxy) is 2. The van der Waals surface area contributed by atoms with Crippen LogP contribution < -0.4 is 9.47 Å². The summed E-state index contributed by atoms with van der Waals surface area (Å²) in [5.74, 6) is 1.75. The zero-order valence-electron chi connectivity index (χ0n) is 16.6. The maximum absolute atomic E-state index is 13.2. The summed E-state index contributed by atoms with van der Waals surface area (Å²) in [5, 5.41) is 1.00. The molecule has 1 atom stereocenters. The van der Waals surface area contributed by atoms with Crippen LogP contribution in [0.2, 0.25) is 0 Å². The molecule has 1 aliphatic heterocycles. The molecule has 2 heterocycles. The Morgan fingerprint density at radius 1 is 1.18 bits per heavy atom. The lowest BCUT2D eigenvalue weighted by Crippen LogP contribution is -2.30. The molecule has 5 heteroatoms. The number of nitrogens with one attached hydrogen (secondary N) is 1. The number of likely N-dealkylation sites (tertiary alicyclic amines) is 1. The van der Waals surface area contributed by atoms with E-state index in [4.69, 9.17) is 9.47 Å². The van der Waals surface area contributed by atoms with Gasteiger partial charge in [-0.3, -0.25) is 9.69 Å². The highest BCUT2D eigenvalue weighted by atomic mass is 16.5. The van der Waals surface area contributed by atoms with Crippen LogP contribution in [0, 0.1) is 6.92 Å².